The van der Waals surface area contributed by atoms with Gasteiger partial charge in [-0.25, -0.2) is 9.59 Å². The lowest BCUT2D eigenvalue weighted by atomic mass is 9.78. The van der Waals surface area contributed by atoms with Crippen molar-refractivity contribution in [2.75, 3.05) is 0 Å². The minimum atomic E-state index is -1.44. The van der Waals surface area contributed by atoms with Gasteiger partial charge in [-0.2, -0.15) is 0 Å². The maximum Gasteiger partial charge on any atom is 0.408 e. The molecule has 2 N–H and O–H groups in total. The number of aliphatic carboxylic acids is 1. The lowest BCUT2D eigenvalue weighted by Crippen LogP contribution is -2.58. The molecule has 1 atom stereocenters. The third kappa shape index (κ3) is 5.36. The fourth-order valence-electron chi connectivity index (χ4n) is 4.07. The van der Waals surface area contributed by atoms with Crippen molar-refractivity contribution in [3.63, 3.8) is 0 Å². The number of aromatic nitrogens is 1. The van der Waals surface area contributed by atoms with Crippen LogP contribution in [0, 0.1) is 0 Å². The number of nitrogens with zero attached hydrogens (tertiary/aromatic N) is 1. The number of ether oxygens (including phenoxy) is 2. The maximum absolute atomic E-state index is 12.4. The highest BCUT2D eigenvalue weighted by Crippen LogP contribution is 2.34. The normalized spacial score (nSPS) is 17.4. The summed E-state index contributed by atoms with van der Waals surface area (Å²) in [5.74, 6) is 0.157. The Labute approximate surface area is 198 Å². The van der Waals surface area contributed by atoms with Gasteiger partial charge in [-0.05, 0) is 81.1 Å². The van der Waals surface area contributed by atoms with Crippen LogP contribution < -0.4 is 10.1 Å². The number of alkyl carbamates (subject to hydrolysis) is 1. The van der Waals surface area contributed by atoms with Crippen molar-refractivity contribution >= 4 is 12.1 Å². The Morgan fingerprint density at radius 1 is 1.00 bits per heavy atom. The standard InChI is InChI=1S/C27H28N2O5/c1-26(2,3)34-25(32)29-27(24(30)31)13-12-18-10-11-22(16-20(18)17-27)33-21-8-6-7-19(15-21)23-9-4-5-14-28-23/h4-11,14-16H,12-13,17H2,1-3H3,(H,29,32)(H,30,31). The summed E-state index contributed by atoms with van der Waals surface area (Å²) in [7, 11) is 0. The van der Waals surface area contributed by atoms with E-state index in [4.69, 9.17) is 9.47 Å². The van der Waals surface area contributed by atoms with Gasteiger partial charge in [0.15, 0.2) is 0 Å². The van der Waals surface area contributed by atoms with Gasteiger partial charge < -0.3 is 19.9 Å². The minimum Gasteiger partial charge on any atom is -0.479 e. The third-order valence-electron chi connectivity index (χ3n) is 5.67. The second-order valence-corrected chi connectivity index (χ2v) is 9.47. The first kappa shape index (κ1) is 23.3. The molecule has 0 spiro atoms. The molecular formula is C27H28N2O5. The molecule has 176 valence electrons. The monoisotopic (exact) mass is 460 g/mol. The van der Waals surface area contributed by atoms with Crippen LogP contribution in [0.15, 0.2) is 66.9 Å². The first-order chi connectivity index (χ1) is 16.1. The van der Waals surface area contributed by atoms with Crippen molar-refractivity contribution in [1.82, 2.24) is 10.3 Å². The van der Waals surface area contributed by atoms with Gasteiger partial charge in [0.1, 0.15) is 22.6 Å². The smallest absolute Gasteiger partial charge is 0.408 e. The SMILES string of the molecule is CC(C)(C)OC(=O)NC1(C(=O)O)CCc2ccc(Oc3cccc(-c4ccccn4)c3)cc2C1. The van der Waals surface area contributed by atoms with E-state index < -0.39 is 23.2 Å². The topological polar surface area (TPSA) is 97.8 Å². The summed E-state index contributed by atoms with van der Waals surface area (Å²) in [4.78, 5) is 29.0. The number of carboxylic acid groups (broad SMARTS) is 1. The Balaban J connectivity index is 1.55. The van der Waals surface area contributed by atoms with Gasteiger partial charge in [0.05, 0.1) is 5.69 Å². The number of amides is 1. The molecule has 1 unspecified atom stereocenters. The van der Waals surface area contributed by atoms with E-state index in [2.05, 4.69) is 10.3 Å². The largest absolute Gasteiger partial charge is 0.479 e. The second kappa shape index (κ2) is 9.17. The highest BCUT2D eigenvalue weighted by atomic mass is 16.6. The number of carboxylic acids is 1. The molecule has 0 fully saturated rings. The summed E-state index contributed by atoms with van der Waals surface area (Å²) in [5.41, 5.74) is 1.48. The number of carbonyl (C=O) groups excluding carboxylic acids is 1. The van der Waals surface area contributed by atoms with Crippen molar-refractivity contribution < 1.29 is 24.2 Å². The number of rotatable bonds is 5. The molecule has 1 heterocycles. The van der Waals surface area contributed by atoms with E-state index in [0.29, 0.717) is 17.9 Å². The Kier molecular flexibility index (Phi) is 6.28. The fourth-order valence-corrected chi connectivity index (χ4v) is 4.07. The van der Waals surface area contributed by atoms with Gasteiger partial charge in [-0.3, -0.25) is 4.98 Å². The van der Waals surface area contributed by atoms with E-state index in [-0.39, 0.29) is 12.8 Å². The van der Waals surface area contributed by atoms with Gasteiger partial charge in [0.2, 0.25) is 0 Å². The van der Waals surface area contributed by atoms with Crippen LogP contribution in [0.4, 0.5) is 4.79 Å². The van der Waals surface area contributed by atoms with Crippen molar-refractivity contribution in [1.29, 1.82) is 0 Å². The van der Waals surface area contributed by atoms with Crippen LogP contribution >= 0.6 is 0 Å². The molecule has 1 amide bonds. The van der Waals surface area contributed by atoms with Crippen LogP contribution in [0.5, 0.6) is 11.5 Å². The molecule has 7 nitrogen and oxygen atoms in total. The molecule has 1 aromatic heterocycles. The van der Waals surface area contributed by atoms with Crippen LogP contribution in [0.1, 0.15) is 38.3 Å². The van der Waals surface area contributed by atoms with Gasteiger partial charge in [-0.15, -0.1) is 0 Å². The van der Waals surface area contributed by atoms with Crippen LogP contribution in [0.2, 0.25) is 0 Å². The number of aryl methyl sites for hydroxylation is 1. The molecule has 4 rings (SSSR count). The predicted octanol–water partition coefficient (Wildman–Crippen LogP) is 5.38. The molecule has 0 aliphatic heterocycles. The van der Waals surface area contributed by atoms with E-state index in [9.17, 15) is 14.7 Å². The van der Waals surface area contributed by atoms with Crippen molar-refractivity contribution in [2.24, 2.45) is 0 Å². The van der Waals surface area contributed by atoms with Crippen LogP contribution in [-0.4, -0.2) is 33.3 Å². The first-order valence-electron chi connectivity index (χ1n) is 11.2. The molecule has 0 saturated carbocycles. The summed E-state index contributed by atoms with van der Waals surface area (Å²) >= 11 is 0. The number of benzene rings is 2. The van der Waals surface area contributed by atoms with E-state index in [1.165, 1.54) is 0 Å². The van der Waals surface area contributed by atoms with E-state index >= 15 is 0 Å². The summed E-state index contributed by atoms with van der Waals surface area (Å²) in [5, 5.41) is 12.6. The molecule has 1 aliphatic carbocycles. The molecule has 0 saturated heterocycles. The molecule has 7 heteroatoms. The fraction of sp³-hybridized carbons (Fsp3) is 0.296. The molecular weight excluding hydrogens is 432 g/mol. The molecule has 1 aliphatic rings. The summed E-state index contributed by atoms with van der Waals surface area (Å²) in [6.45, 7) is 5.22. The lowest BCUT2D eigenvalue weighted by molar-refractivity contribution is -0.145. The average Bonchev–Trinajstić information content (AvgIpc) is 2.78. The predicted molar refractivity (Wildman–Crippen MR) is 128 cm³/mol. The highest BCUT2D eigenvalue weighted by Gasteiger charge is 2.44. The highest BCUT2D eigenvalue weighted by molar-refractivity contribution is 5.85. The third-order valence-corrected chi connectivity index (χ3v) is 5.67. The van der Waals surface area contributed by atoms with Crippen molar-refractivity contribution in [3.05, 3.63) is 78.0 Å². The quantitative estimate of drug-likeness (QED) is 0.531. The number of nitrogens with one attached hydrogen (secondary N) is 1. The zero-order chi connectivity index (χ0) is 24.3. The zero-order valence-corrected chi connectivity index (χ0v) is 19.5. The van der Waals surface area contributed by atoms with Gasteiger partial charge >= 0.3 is 12.1 Å². The Morgan fingerprint density at radius 2 is 1.79 bits per heavy atom. The summed E-state index contributed by atoms with van der Waals surface area (Å²) in [6, 6.07) is 19.0. The molecule has 3 aromatic rings. The van der Waals surface area contributed by atoms with E-state index in [1.807, 2.05) is 60.7 Å². The van der Waals surface area contributed by atoms with Gasteiger partial charge in [-0.1, -0.05) is 24.3 Å². The minimum absolute atomic E-state index is 0.141. The number of hydrogen-bond donors (Lipinski definition) is 2. The Hall–Kier alpha value is -3.87. The van der Waals surface area contributed by atoms with Gasteiger partial charge in [0.25, 0.3) is 0 Å². The molecule has 0 radical (unpaired) electrons. The number of carbonyl (C=O) groups is 2. The second-order valence-electron chi connectivity index (χ2n) is 9.47. The van der Waals surface area contributed by atoms with Crippen LogP contribution in [0.25, 0.3) is 11.3 Å². The zero-order valence-electron chi connectivity index (χ0n) is 19.5. The average molecular weight is 461 g/mol. The lowest BCUT2D eigenvalue weighted by Gasteiger charge is -2.35. The van der Waals surface area contributed by atoms with E-state index in [0.717, 1.165) is 22.4 Å². The first-order valence-corrected chi connectivity index (χ1v) is 11.2. The number of fused-ring (bicyclic) bond motifs is 1. The molecule has 0 bridgehead atoms. The van der Waals surface area contributed by atoms with Crippen molar-refractivity contribution in [2.45, 2.75) is 51.2 Å². The number of hydrogen-bond acceptors (Lipinski definition) is 5. The Bertz CT molecular complexity index is 1200. The Morgan fingerprint density at radius 3 is 2.50 bits per heavy atom. The van der Waals surface area contributed by atoms with E-state index in [1.54, 1.807) is 27.0 Å². The number of pyridine rings is 1. The molecule has 2 aromatic carbocycles. The van der Waals surface area contributed by atoms with Gasteiger partial charge in [0, 0.05) is 18.2 Å². The van der Waals surface area contributed by atoms with Crippen LogP contribution in [0.3, 0.4) is 0 Å². The maximum atomic E-state index is 12.4. The van der Waals surface area contributed by atoms with Crippen molar-refractivity contribution in [3.8, 4) is 22.8 Å². The summed E-state index contributed by atoms with van der Waals surface area (Å²) in [6.07, 6.45) is 1.94. The molecule has 34 heavy (non-hydrogen) atoms. The van der Waals surface area contributed by atoms with Crippen LogP contribution in [-0.2, 0) is 22.4 Å². The summed E-state index contributed by atoms with van der Waals surface area (Å²) < 4.78 is 11.4.